The number of aromatic nitrogens is 1. The molecule has 1 aliphatic heterocycles. The molecule has 0 fully saturated rings. The molecular formula is C30H27ClN4O3S3. The first-order valence-corrected chi connectivity index (χ1v) is 16.7. The number of sulfonamides is 1. The second-order valence-electron chi connectivity index (χ2n) is 9.82. The van der Waals surface area contributed by atoms with Gasteiger partial charge in [0.15, 0.2) is 0 Å². The first-order valence-electron chi connectivity index (χ1n) is 13.2. The summed E-state index contributed by atoms with van der Waals surface area (Å²) in [6, 6.07) is 20.4. The van der Waals surface area contributed by atoms with Crippen molar-refractivity contribution in [2.24, 2.45) is 0 Å². The van der Waals surface area contributed by atoms with Crippen molar-refractivity contribution in [1.82, 2.24) is 9.88 Å². The summed E-state index contributed by atoms with van der Waals surface area (Å²) in [7, 11) is -3.85. The Hall–Kier alpha value is -3.28. The van der Waals surface area contributed by atoms with Crippen LogP contribution in [0.25, 0.3) is 20.8 Å². The molecule has 1 aliphatic rings. The number of anilines is 2. The molecule has 2 N–H and O–H groups in total. The highest BCUT2D eigenvalue weighted by molar-refractivity contribution is 7.92. The summed E-state index contributed by atoms with van der Waals surface area (Å²) < 4.78 is 29.4. The highest BCUT2D eigenvalue weighted by atomic mass is 35.5. The second-order valence-corrected chi connectivity index (χ2v) is 14.1. The Labute approximate surface area is 251 Å². The lowest BCUT2D eigenvalue weighted by Crippen LogP contribution is -2.30. The molecule has 1 amide bonds. The number of rotatable bonds is 8. The number of nitrogens with one attached hydrogen (secondary N) is 2. The lowest BCUT2D eigenvalue weighted by molar-refractivity contribution is 0.102. The smallest absolute Gasteiger partial charge is 0.261 e. The van der Waals surface area contributed by atoms with Crippen molar-refractivity contribution in [1.29, 1.82) is 0 Å². The number of thiophene rings is 1. The SMILES string of the molecule is CCCN1CCc2c(sc(NC(=O)c3cccc(NS(=O)(=O)c4ccc(Cl)cc4)c3)c2-c2nc3ccccc3s2)C1. The molecule has 11 heteroatoms. The third kappa shape index (κ3) is 5.89. The topological polar surface area (TPSA) is 91.4 Å². The first-order chi connectivity index (χ1) is 19.8. The molecule has 5 aromatic rings. The molecule has 3 aromatic carbocycles. The van der Waals surface area contributed by atoms with Crippen molar-refractivity contribution >= 4 is 71.1 Å². The van der Waals surface area contributed by atoms with Crippen molar-refractivity contribution in [3.63, 3.8) is 0 Å². The van der Waals surface area contributed by atoms with E-state index in [9.17, 15) is 13.2 Å². The number of benzene rings is 3. The van der Waals surface area contributed by atoms with Gasteiger partial charge in [0.2, 0.25) is 0 Å². The summed E-state index contributed by atoms with van der Waals surface area (Å²) in [6.45, 7) is 5.04. The van der Waals surface area contributed by atoms with Crippen LogP contribution in [0.15, 0.2) is 77.7 Å². The second kappa shape index (κ2) is 11.5. The number of halogens is 1. The van der Waals surface area contributed by atoms with E-state index >= 15 is 0 Å². The van der Waals surface area contributed by atoms with E-state index in [2.05, 4.69) is 27.9 Å². The van der Waals surface area contributed by atoms with E-state index in [0.29, 0.717) is 16.3 Å². The van der Waals surface area contributed by atoms with Crippen LogP contribution in [-0.2, 0) is 23.0 Å². The normalized spacial score (nSPS) is 13.7. The highest BCUT2D eigenvalue weighted by Crippen LogP contribution is 2.45. The molecule has 41 heavy (non-hydrogen) atoms. The molecule has 0 aliphatic carbocycles. The van der Waals surface area contributed by atoms with Crippen LogP contribution < -0.4 is 10.0 Å². The molecule has 6 rings (SSSR count). The molecule has 0 unspecified atom stereocenters. The lowest BCUT2D eigenvalue weighted by atomic mass is 10.0. The minimum absolute atomic E-state index is 0.0820. The molecule has 0 atom stereocenters. The summed E-state index contributed by atoms with van der Waals surface area (Å²) >= 11 is 9.14. The Bertz CT molecular complexity index is 1820. The fraction of sp³-hybridized carbons (Fsp3) is 0.200. The van der Waals surface area contributed by atoms with Gasteiger partial charge < -0.3 is 5.32 Å². The Morgan fingerprint density at radius 3 is 2.63 bits per heavy atom. The van der Waals surface area contributed by atoms with Gasteiger partial charge in [-0.2, -0.15) is 0 Å². The molecular weight excluding hydrogens is 596 g/mol. The Balaban J connectivity index is 1.31. The van der Waals surface area contributed by atoms with Crippen LogP contribution in [0.4, 0.5) is 10.7 Å². The maximum Gasteiger partial charge on any atom is 0.261 e. The Morgan fingerprint density at radius 1 is 1.05 bits per heavy atom. The predicted molar refractivity (Wildman–Crippen MR) is 169 cm³/mol. The van der Waals surface area contributed by atoms with Gasteiger partial charge >= 0.3 is 0 Å². The van der Waals surface area contributed by atoms with E-state index in [1.807, 2.05) is 18.2 Å². The number of para-hydroxylation sites is 1. The fourth-order valence-electron chi connectivity index (χ4n) is 4.98. The Morgan fingerprint density at radius 2 is 1.85 bits per heavy atom. The lowest BCUT2D eigenvalue weighted by Gasteiger charge is -2.26. The van der Waals surface area contributed by atoms with E-state index in [-0.39, 0.29) is 10.8 Å². The number of hydrogen-bond donors (Lipinski definition) is 2. The number of carbonyl (C=O) groups excluding carboxylic acids is 1. The summed E-state index contributed by atoms with van der Waals surface area (Å²) in [5.74, 6) is -0.316. The van der Waals surface area contributed by atoms with Crippen molar-refractivity contribution in [3.8, 4) is 10.6 Å². The van der Waals surface area contributed by atoms with Crippen LogP contribution in [0.3, 0.4) is 0 Å². The zero-order valence-corrected chi connectivity index (χ0v) is 25.4. The monoisotopic (exact) mass is 622 g/mol. The van der Waals surface area contributed by atoms with Gasteiger partial charge in [-0.05, 0) is 79.5 Å². The quantitative estimate of drug-likeness (QED) is 0.187. The van der Waals surface area contributed by atoms with Crippen molar-refractivity contribution in [2.75, 3.05) is 23.1 Å². The van der Waals surface area contributed by atoms with E-state index < -0.39 is 10.0 Å². The first kappa shape index (κ1) is 27.9. The summed E-state index contributed by atoms with van der Waals surface area (Å²) in [4.78, 5) is 22.3. The van der Waals surface area contributed by atoms with Crippen molar-refractivity contribution in [3.05, 3.63) is 93.8 Å². The number of thiazole rings is 1. The van der Waals surface area contributed by atoms with E-state index in [0.717, 1.165) is 58.3 Å². The van der Waals surface area contributed by atoms with E-state index in [1.54, 1.807) is 40.9 Å². The van der Waals surface area contributed by atoms with Gasteiger partial charge in [0, 0.05) is 39.8 Å². The number of carbonyl (C=O) groups is 1. The average molecular weight is 623 g/mol. The van der Waals surface area contributed by atoms with Crippen molar-refractivity contribution in [2.45, 2.75) is 31.2 Å². The predicted octanol–water partition coefficient (Wildman–Crippen LogP) is 7.50. The zero-order valence-electron chi connectivity index (χ0n) is 22.2. The molecule has 0 saturated heterocycles. The number of nitrogens with zero attached hydrogens (tertiary/aromatic N) is 2. The Kier molecular flexibility index (Phi) is 7.84. The van der Waals surface area contributed by atoms with Crippen LogP contribution in [0.1, 0.15) is 34.1 Å². The van der Waals surface area contributed by atoms with E-state index in [4.69, 9.17) is 16.6 Å². The molecule has 210 valence electrons. The maximum atomic E-state index is 13.6. The van der Waals surface area contributed by atoms with Gasteiger partial charge in [0.05, 0.1) is 15.1 Å². The summed E-state index contributed by atoms with van der Waals surface area (Å²) in [5, 5.41) is 5.25. The van der Waals surface area contributed by atoms with Gasteiger partial charge in [-0.3, -0.25) is 14.4 Å². The highest BCUT2D eigenvalue weighted by Gasteiger charge is 2.28. The van der Waals surface area contributed by atoms with Crippen LogP contribution in [0, 0.1) is 0 Å². The minimum Gasteiger partial charge on any atom is -0.313 e. The van der Waals surface area contributed by atoms with Crippen LogP contribution >= 0.6 is 34.3 Å². The number of fused-ring (bicyclic) bond motifs is 2. The number of amides is 1. The summed E-state index contributed by atoms with van der Waals surface area (Å²) in [6.07, 6.45) is 1.99. The molecule has 0 spiro atoms. The molecule has 0 saturated carbocycles. The fourth-order valence-corrected chi connectivity index (χ4v) is 8.56. The minimum atomic E-state index is -3.85. The standard InChI is InChI=1S/C30H27ClN4O3S3/c1-2-15-35-16-14-23-26(18-35)40-30(27(23)29-32-24-8-3-4-9-25(24)39-29)33-28(36)19-6-5-7-21(17-19)34-41(37,38)22-12-10-20(31)11-13-22/h3-13,17,34H,2,14-16,18H2,1H3,(H,33,36). The van der Waals surface area contributed by atoms with Gasteiger partial charge in [-0.1, -0.05) is 36.7 Å². The molecule has 7 nitrogen and oxygen atoms in total. The molecule has 0 radical (unpaired) electrons. The van der Waals surface area contributed by atoms with Crippen LogP contribution in [-0.4, -0.2) is 37.3 Å². The van der Waals surface area contributed by atoms with Crippen molar-refractivity contribution < 1.29 is 13.2 Å². The molecule has 2 aromatic heterocycles. The third-order valence-corrected chi connectivity index (χ3v) is 10.7. The van der Waals surface area contributed by atoms with Crippen LogP contribution in [0.5, 0.6) is 0 Å². The number of hydrogen-bond acceptors (Lipinski definition) is 7. The summed E-state index contributed by atoms with van der Waals surface area (Å²) in [5.41, 5.74) is 3.82. The average Bonchev–Trinajstić information content (AvgIpc) is 3.53. The van der Waals surface area contributed by atoms with Crippen LogP contribution in [0.2, 0.25) is 5.02 Å². The van der Waals surface area contributed by atoms with Gasteiger partial charge in [-0.25, -0.2) is 13.4 Å². The third-order valence-electron chi connectivity index (χ3n) is 6.91. The van der Waals surface area contributed by atoms with Gasteiger partial charge in [0.1, 0.15) is 10.0 Å². The molecule has 3 heterocycles. The molecule has 0 bridgehead atoms. The zero-order chi connectivity index (χ0) is 28.6. The van der Waals surface area contributed by atoms with E-state index in [1.165, 1.54) is 40.8 Å². The maximum absolute atomic E-state index is 13.6. The largest absolute Gasteiger partial charge is 0.313 e. The van der Waals surface area contributed by atoms with Gasteiger partial charge in [0.25, 0.3) is 15.9 Å². The van der Waals surface area contributed by atoms with Gasteiger partial charge in [-0.15, -0.1) is 22.7 Å².